The molecule has 3 saturated carbocycles. The zero-order valence-corrected chi connectivity index (χ0v) is 32.6. The van der Waals surface area contributed by atoms with Gasteiger partial charge in [-0.1, -0.05) is 40.0 Å². The fraction of sp³-hybridized carbons (Fsp3) is 0.919. The second-order valence-electron chi connectivity index (χ2n) is 15.9. The number of amides is 3. The number of nitrogens with one attached hydrogen (secondary N) is 2. The standard InChI is InChI=1S/C37H67F2N5O6S/c1-6-14-43(15-7-2)37(48)30-21-28(20-29(22-30)36(47)42(4)5)35(46)40-33(19-27-17-31(38)23-32(39)18-27)34(45)24-44(16-8-3)41-51(49,50)25-26-12-10-9-11-13-26/h26-34,41,45H,6-25H2,1-5H3,(H,40,46). The van der Waals surface area contributed by atoms with E-state index in [1.54, 1.807) is 14.1 Å². The SMILES string of the molecule is CCCN(CC(O)C(CC1CC(F)CC(F)C1)NC(=O)C1CC(C(=O)N(C)C)CC(C(=O)N(CCC)CCC)C1)NS(=O)(=O)CC1CCCCC1. The summed E-state index contributed by atoms with van der Waals surface area (Å²) in [6, 6.07) is -0.932. The van der Waals surface area contributed by atoms with Gasteiger partial charge in [0.1, 0.15) is 12.3 Å². The number of hydrogen-bond donors (Lipinski definition) is 3. The van der Waals surface area contributed by atoms with E-state index in [0.29, 0.717) is 32.5 Å². The molecule has 3 aliphatic carbocycles. The molecule has 3 N–H and O–H groups in total. The fourth-order valence-corrected chi connectivity index (χ4v) is 10.2. The molecule has 0 aromatic carbocycles. The topological polar surface area (TPSA) is 139 Å². The lowest BCUT2D eigenvalue weighted by atomic mass is 9.73. The summed E-state index contributed by atoms with van der Waals surface area (Å²) < 4.78 is 55.4. The Bertz CT molecular complexity index is 1190. The number of sulfonamides is 1. The maximum Gasteiger partial charge on any atom is 0.225 e. The van der Waals surface area contributed by atoms with Crippen LogP contribution in [-0.2, 0) is 24.4 Å². The summed E-state index contributed by atoms with van der Waals surface area (Å²) in [6.07, 6.45) is 4.09. The predicted octanol–water partition coefficient (Wildman–Crippen LogP) is 4.59. The first-order valence-electron chi connectivity index (χ1n) is 19.7. The molecule has 3 rings (SSSR count). The monoisotopic (exact) mass is 747 g/mol. The van der Waals surface area contributed by atoms with Gasteiger partial charge in [0.05, 0.1) is 17.9 Å². The molecule has 0 spiro atoms. The molecule has 0 aromatic rings. The van der Waals surface area contributed by atoms with Gasteiger partial charge in [-0.2, -0.15) is 0 Å². The summed E-state index contributed by atoms with van der Waals surface area (Å²) in [5, 5.41) is 16.1. The normalized spacial score (nSPS) is 27.5. The third-order valence-electron chi connectivity index (χ3n) is 10.9. The van der Waals surface area contributed by atoms with Gasteiger partial charge >= 0.3 is 0 Å². The van der Waals surface area contributed by atoms with Crippen LogP contribution in [0.25, 0.3) is 0 Å². The van der Waals surface area contributed by atoms with Crippen molar-refractivity contribution in [1.82, 2.24) is 25.0 Å². The molecule has 7 atom stereocenters. The smallest absolute Gasteiger partial charge is 0.225 e. The molecule has 0 heterocycles. The highest BCUT2D eigenvalue weighted by Gasteiger charge is 2.42. The highest BCUT2D eigenvalue weighted by Crippen LogP contribution is 2.37. The number of rotatable bonds is 19. The molecule has 0 aromatic heterocycles. The highest BCUT2D eigenvalue weighted by atomic mass is 32.2. The molecule has 0 aliphatic heterocycles. The summed E-state index contributed by atoms with van der Waals surface area (Å²) in [5.41, 5.74) is 0. The molecule has 0 bridgehead atoms. The van der Waals surface area contributed by atoms with E-state index in [0.717, 1.165) is 44.9 Å². The van der Waals surface area contributed by atoms with Gasteiger partial charge in [-0.3, -0.25) is 14.4 Å². The molecular weight excluding hydrogens is 680 g/mol. The van der Waals surface area contributed by atoms with Crippen molar-refractivity contribution < 1.29 is 36.7 Å². The fourth-order valence-electron chi connectivity index (χ4n) is 8.58. The molecule has 3 amide bonds. The van der Waals surface area contributed by atoms with Gasteiger partial charge < -0.3 is 20.2 Å². The van der Waals surface area contributed by atoms with Crippen molar-refractivity contribution in [1.29, 1.82) is 0 Å². The average Bonchev–Trinajstić information content (AvgIpc) is 3.06. The van der Waals surface area contributed by atoms with Gasteiger partial charge in [0.15, 0.2) is 0 Å². The van der Waals surface area contributed by atoms with Crippen molar-refractivity contribution in [2.75, 3.05) is 46.0 Å². The second kappa shape index (κ2) is 21.1. The van der Waals surface area contributed by atoms with Crippen molar-refractivity contribution in [2.45, 2.75) is 142 Å². The van der Waals surface area contributed by atoms with Gasteiger partial charge in [-0.25, -0.2) is 22.2 Å². The highest BCUT2D eigenvalue weighted by molar-refractivity contribution is 7.89. The van der Waals surface area contributed by atoms with E-state index in [1.807, 2.05) is 25.7 Å². The number of nitrogens with zero attached hydrogens (tertiary/aromatic N) is 3. The maximum absolute atomic E-state index is 14.5. The second-order valence-corrected chi connectivity index (χ2v) is 17.6. The Morgan fingerprint density at radius 3 is 1.86 bits per heavy atom. The van der Waals surface area contributed by atoms with E-state index in [2.05, 4.69) is 10.1 Å². The van der Waals surface area contributed by atoms with Crippen LogP contribution in [0.15, 0.2) is 0 Å². The van der Waals surface area contributed by atoms with Crippen LogP contribution in [0.2, 0.25) is 0 Å². The summed E-state index contributed by atoms with van der Waals surface area (Å²) in [4.78, 5) is 47.1. The molecule has 0 saturated heterocycles. The van der Waals surface area contributed by atoms with Gasteiger partial charge in [-0.05, 0) is 82.5 Å². The van der Waals surface area contributed by atoms with Crippen molar-refractivity contribution in [3.8, 4) is 0 Å². The van der Waals surface area contributed by atoms with E-state index in [-0.39, 0.29) is 68.6 Å². The Balaban J connectivity index is 1.83. The van der Waals surface area contributed by atoms with Crippen LogP contribution in [0.4, 0.5) is 8.78 Å². The number of aliphatic hydroxyl groups is 1. The van der Waals surface area contributed by atoms with Gasteiger partial charge in [0, 0.05) is 64.4 Å². The van der Waals surface area contributed by atoms with E-state index >= 15 is 0 Å². The number of aliphatic hydroxyl groups excluding tert-OH is 1. The van der Waals surface area contributed by atoms with E-state index < -0.39 is 64.1 Å². The van der Waals surface area contributed by atoms with E-state index in [9.17, 15) is 36.7 Å². The number of halogens is 2. The minimum absolute atomic E-state index is 0.00364. The first kappa shape index (κ1) is 43.5. The van der Waals surface area contributed by atoms with Crippen LogP contribution in [0, 0.1) is 29.6 Å². The Labute approximate surface area is 306 Å². The van der Waals surface area contributed by atoms with Crippen LogP contribution >= 0.6 is 0 Å². The van der Waals surface area contributed by atoms with Crippen LogP contribution < -0.4 is 10.1 Å². The zero-order valence-electron chi connectivity index (χ0n) is 31.8. The molecular formula is C37H67F2N5O6S. The van der Waals surface area contributed by atoms with Crippen LogP contribution in [0.1, 0.15) is 117 Å². The number of hydrazine groups is 1. The lowest BCUT2D eigenvalue weighted by Gasteiger charge is -2.38. The Morgan fingerprint density at radius 2 is 1.31 bits per heavy atom. The zero-order chi connectivity index (χ0) is 37.7. The van der Waals surface area contributed by atoms with Crippen molar-refractivity contribution in [3.05, 3.63) is 0 Å². The summed E-state index contributed by atoms with van der Waals surface area (Å²) >= 11 is 0. The number of alkyl halides is 2. The first-order chi connectivity index (χ1) is 24.2. The Hall–Kier alpha value is -1.90. The molecule has 3 aliphatic rings. The number of carbonyl (C=O) groups is 3. The Kier molecular flexibility index (Phi) is 18.0. The molecule has 296 valence electrons. The van der Waals surface area contributed by atoms with Crippen LogP contribution in [-0.4, -0.2) is 117 Å². The average molecular weight is 748 g/mol. The van der Waals surface area contributed by atoms with Gasteiger partial charge in [0.2, 0.25) is 27.7 Å². The lowest BCUT2D eigenvalue weighted by molar-refractivity contribution is -0.143. The molecule has 7 unspecified atom stereocenters. The van der Waals surface area contributed by atoms with E-state index in [1.165, 1.54) is 9.91 Å². The Morgan fingerprint density at radius 1 is 0.765 bits per heavy atom. The van der Waals surface area contributed by atoms with Crippen molar-refractivity contribution >= 4 is 27.7 Å². The first-order valence-corrected chi connectivity index (χ1v) is 21.3. The van der Waals surface area contributed by atoms with Crippen molar-refractivity contribution in [3.63, 3.8) is 0 Å². The molecule has 11 nitrogen and oxygen atoms in total. The van der Waals surface area contributed by atoms with Crippen LogP contribution in [0.5, 0.6) is 0 Å². The van der Waals surface area contributed by atoms with Gasteiger partial charge in [0.25, 0.3) is 0 Å². The predicted molar refractivity (Wildman–Crippen MR) is 195 cm³/mol. The quantitative estimate of drug-likeness (QED) is 0.164. The maximum atomic E-state index is 14.5. The number of carbonyl (C=O) groups excluding carboxylic acids is 3. The largest absolute Gasteiger partial charge is 0.390 e. The summed E-state index contributed by atoms with van der Waals surface area (Å²) in [5.74, 6) is -2.76. The molecule has 51 heavy (non-hydrogen) atoms. The molecule has 3 fully saturated rings. The van der Waals surface area contributed by atoms with E-state index in [4.69, 9.17) is 0 Å². The third kappa shape index (κ3) is 14.1. The summed E-state index contributed by atoms with van der Waals surface area (Å²) in [7, 11) is -0.392. The summed E-state index contributed by atoms with van der Waals surface area (Å²) in [6.45, 7) is 7.26. The van der Waals surface area contributed by atoms with Crippen molar-refractivity contribution in [2.24, 2.45) is 29.6 Å². The minimum atomic E-state index is -3.70. The lowest BCUT2D eigenvalue weighted by Crippen LogP contribution is -2.55. The van der Waals surface area contributed by atoms with Gasteiger partial charge in [-0.15, -0.1) is 4.83 Å². The van der Waals surface area contributed by atoms with Crippen LogP contribution in [0.3, 0.4) is 0 Å². The molecule has 0 radical (unpaired) electrons. The number of hydrogen-bond acceptors (Lipinski definition) is 7. The minimum Gasteiger partial charge on any atom is -0.390 e. The third-order valence-corrected chi connectivity index (χ3v) is 12.4. The molecule has 14 heteroatoms.